The van der Waals surface area contributed by atoms with Crippen LogP contribution in [-0.4, -0.2) is 0 Å². The van der Waals surface area contributed by atoms with Crippen molar-refractivity contribution < 1.29 is 4.39 Å². The third-order valence-electron chi connectivity index (χ3n) is 2.87. The monoisotopic (exact) mass is 263 g/mol. The van der Waals surface area contributed by atoms with E-state index in [1.54, 1.807) is 12.1 Å². The largest absolute Gasteiger partial charge is 0.306 e. The molecular formula is C15H15ClFN. The van der Waals surface area contributed by atoms with Crippen molar-refractivity contribution >= 4 is 11.6 Å². The van der Waals surface area contributed by atoms with E-state index < -0.39 is 0 Å². The molecule has 0 heterocycles. The van der Waals surface area contributed by atoms with Crippen molar-refractivity contribution in [1.29, 1.82) is 0 Å². The summed E-state index contributed by atoms with van der Waals surface area (Å²) in [6.07, 6.45) is 0. The molecule has 1 atom stereocenters. The molecule has 3 heteroatoms. The molecule has 18 heavy (non-hydrogen) atoms. The van der Waals surface area contributed by atoms with E-state index in [0.717, 1.165) is 22.7 Å². The first-order valence-electron chi connectivity index (χ1n) is 5.88. The molecule has 0 aliphatic rings. The summed E-state index contributed by atoms with van der Waals surface area (Å²) >= 11 is 5.83. The standard InChI is InChI=1S/C15H15ClFN/c1-11(13-3-2-4-15(17)9-13)18-10-12-5-7-14(16)8-6-12/h2-9,11,18H,10H2,1H3/t11-/m0/s1. The molecule has 0 fully saturated rings. The lowest BCUT2D eigenvalue weighted by atomic mass is 10.1. The van der Waals surface area contributed by atoms with Gasteiger partial charge in [0.25, 0.3) is 0 Å². The molecule has 2 aromatic rings. The van der Waals surface area contributed by atoms with Gasteiger partial charge in [0, 0.05) is 17.6 Å². The van der Waals surface area contributed by atoms with Crippen molar-refractivity contribution in [1.82, 2.24) is 5.32 Å². The van der Waals surface area contributed by atoms with Crippen LogP contribution in [0, 0.1) is 5.82 Å². The van der Waals surface area contributed by atoms with E-state index in [9.17, 15) is 4.39 Å². The van der Waals surface area contributed by atoms with Crippen LogP contribution in [0.25, 0.3) is 0 Å². The van der Waals surface area contributed by atoms with Gasteiger partial charge in [-0.25, -0.2) is 4.39 Å². The molecule has 1 N–H and O–H groups in total. The number of nitrogens with one attached hydrogen (secondary N) is 1. The molecule has 0 aliphatic heterocycles. The fraction of sp³-hybridized carbons (Fsp3) is 0.200. The molecule has 2 aromatic carbocycles. The highest BCUT2D eigenvalue weighted by Crippen LogP contribution is 2.15. The van der Waals surface area contributed by atoms with Gasteiger partial charge in [-0.15, -0.1) is 0 Å². The zero-order chi connectivity index (χ0) is 13.0. The van der Waals surface area contributed by atoms with E-state index in [1.807, 2.05) is 37.3 Å². The van der Waals surface area contributed by atoms with Crippen molar-refractivity contribution in [3.63, 3.8) is 0 Å². The van der Waals surface area contributed by atoms with Gasteiger partial charge in [-0.1, -0.05) is 35.9 Å². The Labute approximate surface area is 112 Å². The van der Waals surface area contributed by atoms with Crippen molar-refractivity contribution in [2.75, 3.05) is 0 Å². The van der Waals surface area contributed by atoms with Crippen LogP contribution in [0.15, 0.2) is 48.5 Å². The Morgan fingerprint density at radius 1 is 1.17 bits per heavy atom. The number of benzene rings is 2. The van der Waals surface area contributed by atoms with Crippen molar-refractivity contribution in [3.8, 4) is 0 Å². The Bertz CT molecular complexity index is 510. The molecular weight excluding hydrogens is 249 g/mol. The van der Waals surface area contributed by atoms with Gasteiger partial charge in [-0.2, -0.15) is 0 Å². The van der Waals surface area contributed by atoms with Crippen LogP contribution in [0.2, 0.25) is 5.02 Å². The number of rotatable bonds is 4. The second-order valence-corrected chi connectivity index (χ2v) is 4.72. The highest BCUT2D eigenvalue weighted by Gasteiger charge is 2.05. The van der Waals surface area contributed by atoms with Crippen LogP contribution in [0.4, 0.5) is 4.39 Å². The summed E-state index contributed by atoms with van der Waals surface area (Å²) in [7, 11) is 0. The molecule has 0 bridgehead atoms. The molecule has 0 aromatic heterocycles. The fourth-order valence-electron chi connectivity index (χ4n) is 1.77. The van der Waals surface area contributed by atoms with Gasteiger partial charge < -0.3 is 5.32 Å². The molecule has 1 nitrogen and oxygen atoms in total. The molecule has 0 radical (unpaired) electrons. The van der Waals surface area contributed by atoms with Crippen molar-refractivity contribution in [3.05, 3.63) is 70.5 Å². The third-order valence-corrected chi connectivity index (χ3v) is 3.13. The SMILES string of the molecule is C[C@H](NCc1ccc(Cl)cc1)c1cccc(F)c1. The Morgan fingerprint density at radius 3 is 2.56 bits per heavy atom. The molecule has 0 aliphatic carbocycles. The van der Waals surface area contributed by atoms with E-state index in [2.05, 4.69) is 5.32 Å². The van der Waals surface area contributed by atoms with Crippen molar-refractivity contribution in [2.45, 2.75) is 19.5 Å². The average Bonchev–Trinajstić information content (AvgIpc) is 2.38. The molecule has 0 amide bonds. The summed E-state index contributed by atoms with van der Waals surface area (Å²) < 4.78 is 13.1. The summed E-state index contributed by atoms with van der Waals surface area (Å²) in [6.45, 7) is 2.75. The van der Waals surface area contributed by atoms with E-state index in [-0.39, 0.29) is 11.9 Å². The number of hydrogen-bond acceptors (Lipinski definition) is 1. The van der Waals surface area contributed by atoms with Gasteiger partial charge >= 0.3 is 0 Å². The summed E-state index contributed by atoms with van der Waals surface area (Å²) in [4.78, 5) is 0. The minimum Gasteiger partial charge on any atom is -0.306 e. The number of halogens is 2. The van der Waals surface area contributed by atoms with Crippen LogP contribution in [0.5, 0.6) is 0 Å². The van der Waals surface area contributed by atoms with Crippen LogP contribution >= 0.6 is 11.6 Å². The van der Waals surface area contributed by atoms with E-state index in [4.69, 9.17) is 11.6 Å². The first kappa shape index (κ1) is 13.1. The zero-order valence-corrected chi connectivity index (χ0v) is 10.9. The van der Waals surface area contributed by atoms with Crippen LogP contribution < -0.4 is 5.32 Å². The minimum atomic E-state index is -0.201. The molecule has 0 spiro atoms. The third kappa shape index (κ3) is 3.56. The van der Waals surface area contributed by atoms with E-state index in [0.29, 0.717) is 0 Å². The maximum atomic E-state index is 13.1. The maximum absolute atomic E-state index is 13.1. The Balaban J connectivity index is 1.96. The molecule has 0 saturated carbocycles. The first-order valence-corrected chi connectivity index (χ1v) is 6.26. The molecule has 94 valence electrons. The van der Waals surface area contributed by atoms with E-state index >= 15 is 0 Å². The maximum Gasteiger partial charge on any atom is 0.123 e. The van der Waals surface area contributed by atoms with Gasteiger partial charge in [0.15, 0.2) is 0 Å². The minimum absolute atomic E-state index is 0.108. The predicted molar refractivity (Wildman–Crippen MR) is 73.1 cm³/mol. The topological polar surface area (TPSA) is 12.0 Å². The van der Waals surface area contributed by atoms with Crippen LogP contribution in [0.1, 0.15) is 24.1 Å². The first-order chi connectivity index (χ1) is 8.65. The predicted octanol–water partition coefficient (Wildman–Crippen LogP) is 4.33. The summed E-state index contributed by atoms with van der Waals surface area (Å²) in [5.74, 6) is -0.201. The molecule has 0 saturated heterocycles. The van der Waals surface area contributed by atoms with Crippen LogP contribution in [-0.2, 0) is 6.54 Å². The lowest BCUT2D eigenvalue weighted by Crippen LogP contribution is -2.18. The molecule has 0 unspecified atom stereocenters. The van der Waals surface area contributed by atoms with E-state index in [1.165, 1.54) is 6.07 Å². The average molecular weight is 264 g/mol. The number of hydrogen-bond donors (Lipinski definition) is 1. The summed E-state index contributed by atoms with van der Waals surface area (Å²) in [6, 6.07) is 14.5. The summed E-state index contributed by atoms with van der Waals surface area (Å²) in [5, 5.41) is 4.09. The lowest BCUT2D eigenvalue weighted by molar-refractivity contribution is 0.565. The second kappa shape index (κ2) is 5.98. The second-order valence-electron chi connectivity index (χ2n) is 4.28. The van der Waals surface area contributed by atoms with Gasteiger partial charge in [-0.3, -0.25) is 0 Å². The highest BCUT2D eigenvalue weighted by atomic mass is 35.5. The van der Waals surface area contributed by atoms with Gasteiger partial charge in [0.1, 0.15) is 5.82 Å². The smallest absolute Gasteiger partial charge is 0.123 e. The quantitative estimate of drug-likeness (QED) is 0.866. The zero-order valence-electron chi connectivity index (χ0n) is 10.2. The normalized spacial score (nSPS) is 12.4. The fourth-order valence-corrected chi connectivity index (χ4v) is 1.89. The Morgan fingerprint density at radius 2 is 1.89 bits per heavy atom. The van der Waals surface area contributed by atoms with Crippen LogP contribution in [0.3, 0.4) is 0 Å². The van der Waals surface area contributed by atoms with Gasteiger partial charge in [-0.05, 0) is 42.3 Å². The molecule has 2 rings (SSSR count). The Hall–Kier alpha value is -1.38. The lowest BCUT2D eigenvalue weighted by Gasteiger charge is -2.14. The highest BCUT2D eigenvalue weighted by molar-refractivity contribution is 6.30. The van der Waals surface area contributed by atoms with Gasteiger partial charge in [0.2, 0.25) is 0 Å². The Kier molecular flexibility index (Phi) is 4.34. The summed E-state index contributed by atoms with van der Waals surface area (Å²) in [5.41, 5.74) is 2.10. The van der Waals surface area contributed by atoms with Gasteiger partial charge in [0.05, 0.1) is 0 Å². The van der Waals surface area contributed by atoms with Crippen molar-refractivity contribution in [2.24, 2.45) is 0 Å².